The number of fused-ring (bicyclic) bond motifs is 1. The van der Waals surface area contributed by atoms with E-state index in [1.165, 1.54) is 12.5 Å². The highest BCUT2D eigenvalue weighted by Crippen LogP contribution is 2.29. The van der Waals surface area contributed by atoms with E-state index in [-0.39, 0.29) is 5.78 Å². The van der Waals surface area contributed by atoms with Gasteiger partial charge < -0.3 is 9.25 Å². The van der Waals surface area contributed by atoms with Gasteiger partial charge in [0.2, 0.25) is 5.78 Å². The highest BCUT2D eigenvalue weighted by atomic mass is 32.2. The van der Waals surface area contributed by atoms with E-state index in [4.69, 9.17) is 4.42 Å². The summed E-state index contributed by atoms with van der Waals surface area (Å²) in [5, 5.41) is 4.75. The van der Waals surface area contributed by atoms with Crippen LogP contribution in [0.2, 0.25) is 0 Å². The van der Waals surface area contributed by atoms with Gasteiger partial charge in [-0.1, -0.05) is 49.0 Å². The number of furan rings is 1. The number of ketones is 1. The van der Waals surface area contributed by atoms with Crippen molar-refractivity contribution in [2.75, 3.05) is 0 Å². The quantitative estimate of drug-likeness (QED) is 0.123. The zero-order valence-corrected chi connectivity index (χ0v) is 20.3. The molecule has 4 aromatic rings. The topological polar surface area (TPSA) is 68.9 Å². The predicted octanol–water partition coefficient (Wildman–Crippen LogP) is 7.23. The molecule has 0 saturated carbocycles. The second-order valence-electron chi connectivity index (χ2n) is 8.30. The van der Waals surface area contributed by atoms with E-state index in [9.17, 15) is 9.59 Å². The third kappa shape index (κ3) is 5.46. The summed E-state index contributed by atoms with van der Waals surface area (Å²) < 4.78 is 5.81. The normalized spacial score (nSPS) is 11.7. The molecule has 1 heterocycles. The van der Waals surface area contributed by atoms with Crippen LogP contribution in [0.4, 0.5) is 0 Å². The first-order valence-corrected chi connectivity index (χ1v) is 11.8. The SMILES string of the molecule is CC(=O)ON=C(C)c1ccc(Sc2ccc(C(=O)c3cc4cc(C(C)C)ccc4o3)cc2)cc1. The standard InChI is InChI=1S/C28H25NO4S/c1-17(2)22-9-14-26-23(15-22)16-27(32-26)28(31)21-7-12-25(13-8-21)34-24-10-5-20(6-11-24)18(3)29-33-19(4)30/h5-17H,1-4H3. The van der Waals surface area contributed by atoms with Crippen molar-refractivity contribution in [1.82, 2.24) is 0 Å². The molecule has 0 bridgehead atoms. The lowest BCUT2D eigenvalue weighted by molar-refractivity contribution is -0.140. The van der Waals surface area contributed by atoms with E-state index in [0.717, 1.165) is 26.3 Å². The molecular formula is C28H25NO4S. The maximum absolute atomic E-state index is 13.0. The Balaban J connectivity index is 1.45. The minimum atomic E-state index is -0.450. The van der Waals surface area contributed by atoms with Crippen molar-refractivity contribution in [3.63, 3.8) is 0 Å². The molecule has 5 nitrogen and oxygen atoms in total. The largest absolute Gasteiger partial charge is 0.453 e. The molecule has 0 N–H and O–H groups in total. The molecule has 0 aliphatic rings. The zero-order chi connectivity index (χ0) is 24.2. The van der Waals surface area contributed by atoms with Crippen molar-refractivity contribution in [3.05, 3.63) is 95.2 Å². The van der Waals surface area contributed by atoms with Crippen LogP contribution in [0, 0.1) is 0 Å². The van der Waals surface area contributed by atoms with E-state index in [0.29, 0.717) is 23.0 Å². The Kier molecular flexibility index (Phi) is 6.98. The number of nitrogens with zero attached hydrogens (tertiary/aromatic N) is 1. The molecular weight excluding hydrogens is 446 g/mol. The number of benzene rings is 3. The second-order valence-corrected chi connectivity index (χ2v) is 9.45. The summed E-state index contributed by atoms with van der Waals surface area (Å²) >= 11 is 1.59. The van der Waals surface area contributed by atoms with Crippen LogP contribution >= 0.6 is 11.8 Å². The first-order chi connectivity index (χ1) is 16.3. The average molecular weight is 472 g/mol. The third-order valence-electron chi connectivity index (χ3n) is 5.37. The molecule has 1 aromatic heterocycles. The number of hydrogen-bond acceptors (Lipinski definition) is 6. The number of hydrogen-bond donors (Lipinski definition) is 0. The molecule has 0 atom stereocenters. The van der Waals surface area contributed by atoms with E-state index in [1.54, 1.807) is 18.7 Å². The molecule has 34 heavy (non-hydrogen) atoms. The molecule has 0 saturated heterocycles. The maximum Gasteiger partial charge on any atom is 0.331 e. The summed E-state index contributed by atoms with van der Waals surface area (Å²) in [6.07, 6.45) is 0. The van der Waals surface area contributed by atoms with Gasteiger partial charge >= 0.3 is 5.97 Å². The number of carbonyl (C=O) groups is 2. The van der Waals surface area contributed by atoms with Crippen LogP contribution in [-0.2, 0) is 9.63 Å². The minimum absolute atomic E-state index is 0.134. The zero-order valence-electron chi connectivity index (χ0n) is 19.5. The van der Waals surface area contributed by atoms with Gasteiger partial charge in [0.15, 0.2) is 5.76 Å². The van der Waals surface area contributed by atoms with Gasteiger partial charge in [-0.15, -0.1) is 0 Å². The van der Waals surface area contributed by atoms with E-state index < -0.39 is 5.97 Å². The average Bonchev–Trinajstić information content (AvgIpc) is 3.26. The summed E-state index contributed by atoms with van der Waals surface area (Å²) in [7, 11) is 0. The Bertz CT molecular complexity index is 1370. The summed E-state index contributed by atoms with van der Waals surface area (Å²) in [6.45, 7) is 7.38. The Labute approximate surface area is 202 Å². The highest BCUT2D eigenvalue weighted by Gasteiger charge is 2.15. The fraction of sp³-hybridized carbons (Fsp3) is 0.179. The van der Waals surface area contributed by atoms with Gasteiger partial charge in [0.1, 0.15) is 5.58 Å². The van der Waals surface area contributed by atoms with Crippen LogP contribution in [-0.4, -0.2) is 17.5 Å². The molecule has 0 aliphatic carbocycles. The number of oxime groups is 1. The third-order valence-corrected chi connectivity index (χ3v) is 6.38. The van der Waals surface area contributed by atoms with Gasteiger partial charge in [-0.2, -0.15) is 0 Å². The summed E-state index contributed by atoms with van der Waals surface area (Å²) in [5.74, 6) is 0.176. The van der Waals surface area contributed by atoms with Crippen molar-refractivity contribution in [2.45, 2.75) is 43.4 Å². The van der Waals surface area contributed by atoms with Crippen molar-refractivity contribution < 1.29 is 18.8 Å². The Hall–Kier alpha value is -3.64. The van der Waals surface area contributed by atoms with E-state index in [1.807, 2.05) is 66.7 Å². The molecule has 6 heteroatoms. The molecule has 4 rings (SSSR count). The molecule has 0 radical (unpaired) electrons. The minimum Gasteiger partial charge on any atom is -0.453 e. The maximum atomic E-state index is 13.0. The lowest BCUT2D eigenvalue weighted by Crippen LogP contribution is -1.99. The number of carbonyl (C=O) groups excluding carboxylic acids is 2. The van der Waals surface area contributed by atoms with Crippen LogP contribution < -0.4 is 0 Å². The molecule has 0 aliphatic heterocycles. The van der Waals surface area contributed by atoms with E-state index in [2.05, 4.69) is 29.9 Å². The van der Waals surface area contributed by atoms with Gasteiger partial charge in [-0.05, 0) is 78.6 Å². The van der Waals surface area contributed by atoms with Crippen LogP contribution in [0.5, 0.6) is 0 Å². The second kappa shape index (κ2) is 10.1. The fourth-order valence-electron chi connectivity index (χ4n) is 3.44. The summed E-state index contributed by atoms with van der Waals surface area (Å²) in [6, 6.07) is 23.2. The summed E-state index contributed by atoms with van der Waals surface area (Å²) in [4.78, 5) is 30.6. The van der Waals surface area contributed by atoms with Gasteiger partial charge in [-0.25, -0.2) is 4.79 Å². The van der Waals surface area contributed by atoms with Crippen LogP contribution in [0.25, 0.3) is 11.0 Å². The van der Waals surface area contributed by atoms with Crippen LogP contribution in [0.1, 0.15) is 60.9 Å². The number of rotatable bonds is 7. The molecule has 0 spiro atoms. The van der Waals surface area contributed by atoms with Gasteiger partial charge in [0.25, 0.3) is 0 Å². The van der Waals surface area contributed by atoms with Gasteiger partial charge in [0.05, 0.1) is 5.71 Å². The first-order valence-electron chi connectivity index (χ1n) is 11.0. The highest BCUT2D eigenvalue weighted by molar-refractivity contribution is 7.99. The van der Waals surface area contributed by atoms with Crippen molar-refractivity contribution in [2.24, 2.45) is 5.16 Å². The van der Waals surface area contributed by atoms with Crippen LogP contribution in [0.3, 0.4) is 0 Å². The Morgan fingerprint density at radius 1 is 0.853 bits per heavy atom. The molecule has 3 aromatic carbocycles. The van der Waals surface area contributed by atoms with Crippen molar-refractivity contribution >= 4 is 40.2 Å². The Morgan fingerprint density at radius 3 is 2.06 bits per heavy atom. The molecule has 172 valence electrons. The first kappa shape index (κ1) is 23.5. The van der Waals surface area contributed by atoms with Gasteiger partial charge in [-0.3, -0.25) is 4.79 Å². The van der Waals surface area contributed by atoms with Crippen molar-refractivity contribution in [1.29, 1.82) is 0 Å². The Morgan fingerprint density at radius 2 is 1.47 bits per heavy atom. The lowest BCUT2D eigenvalue weighted by Gasteiger charge is -2.05. The monoisotopic (exact) mass is 471 g/mol. The molecule has 0 amide bonds. The molecule has 0 fully saturated rings. The smallest absolute Gasteiger partial charge is 0.331 e. The van der Waals surface area contributed by atoms with Crippen molar-refractivity contribution in [3.8, 4) is 0 Å². The lowest BCUT2D eigenvalue weighted by atomic mass is 10.0. The van der Waals surface area contributed by atoms with Crippen LogP contribution in [0.15, 0.2) is 92.2 Å². The van der Waals surface area contributed by atoms with E-state index >= 15 is 0 Å². The summed E-state index contributed by atoms with van der Waals surface area (Å²) in [5.41, 5.74) is 4.02. The van der Waals surface area contributed by atoms with Gasteiger partial charge in [0, 0.05) is 27.7 Å². The predicted molar refractivity (Wildman–Crippen MR) is 135 cm³/mol. The fourth-order valence-corrected chi connectivity index (χ4v) is 4.25. The molecule has 0 unspecified atom stereocenters.